The summed E-state index contributed by atoms with van der Waals surface area (Å²) in [5, 5.41) is 6.29. The van der Waals surface area contributed by atoms with Crippen LogP contribution in [-0.4, -0.2) is 40.0 Å². The van der Waals surface area contributed by atoms with Gasteiger partial charge in [0.05, 0.1) is 0 Å². The van der Waals surface area contributed by atoms with Gasteiger partial charge in [-0.3, -0.25) is 14.7 Å². The van der Waals surface area contributed by atoms with Crippen LogP contribution in [0.5, 0.6) is 0 Å². The van der Waals surface area contributed by atoms with Gasteiger partial charge in [0.25, 0.3) is 11.8 Å². The number of nitrogens with zero attached hydrogens (tertiary/aromatic N) is 2. The van der Waals surface area contributed by atoms with E-state index in [0.29, 0.717) is 19.0 Å². The zero-order valence-corrected chi connectivity index (χ0v) is 13.4. The smallest absolute Gasteiger partial charge is 0.271 e. The first-order valence-electron chi connectivity index (χ1n) is 7.86. The molecule has 126 valence electrons. The van der Waals surface area contributed by atoms with Crippen LogP contribution in [0.2, 0.25) is 0 Å². The summed E-state index contributed by atoms with van der Waals surface area (Å²) in [5.41, 5.74) is 7.54. The number of halogens is 1. The predicted molar refractivity (Wildman–Crippen MR) is 86.1 cm³/mol. The van der Waals surface area contributed by atoms with Crippen molar-refractivity contribution in [3.8, 4) is 0 Å². The Kier molecular flexibility index (Phi) is 4.33. The van der Waals surface area contributed by atoms with Crippen LogP contribution in [-0.2, 0) is 0 Å². The van der Waals surface area contributed by atoms with E-state index in [-0.39, 0.29) is 23.1 Å². The number of aryl methyl sites for hydroxylation is 1. The van der Waals surface area contributed by atoms with Gasteiger partial charge in [-0.2, -0.15) is 5.10 Å². The summed E-state index contributed by atoms with van der Waals surface area (Å²) in [6.45, 7) is 3.11. The lowest BCUT2D eigenvalue weighted by Gasteiger charge is -2.32. The molecular formula is C17H19FN4O2. The summed E-state index contributed by atoms with van der Waals surface area (Å²) in [5.74, 6) is -0.772. The third kappa shape index (κ3) is 3.15. The molecule has 3 N–H and O–H groups in total. The lowest BCUT2D eigenvalue weighted by atomic mass is 9.87. The van der Waals surface area contributed by atoms with Gasteiger partial charge in [0.1, 0.15) is 11.5 Å². The number of carbonyl (C=O) groups is 2. The molecule has 2 heterocycles. The normalized spacial score (nSPS) is 15.5. The lowest BCUT2D eigenvalue weighted by molar-refractivity contribution is 0.0707. The van der Waals surface area contributed by atoms with Crippen LogP contribution in [0.3, 0.4) is 0 Å². The summed E-state index contributed by atoms with van der Waals surface area (Å²) in [4.78, 5) is 25.2. The van der Waals surface area contributed by atoms with Crippen LogP contribution in [0.25, 0.3) is 0 Å². The fraction of sp³-hybridized carbons (Fsp3) is 0.353. The molecule has 0 saturated carbocycles. The van der Waals surface area contributed by atoms with Gasteiger partial charge in [0.15, 0.2) is 5.69 Å². The fourth-order valence-electron chi connectivity index (χ4n) is 3.22. The maximum Gasteiger partial charge on any atom is 0.271 e. The molecule has 1 fully saturated rings. The largest absolute Gasteiger partial charge is 0.364 e. The molecule has 0 atom stereocenters. The quantitative estimate of drug-likeness (QED) is 0.901. The number of likely N-dealkylation sites (tertiary alicyclic amines) is 1. The fourth-order valence-corrected chi connectivity index (χ4v) is 3.22. The van der Waals surface area contributed by atoms with Gasteiger partial charge in [-0.25, -0.2) is 4.39 Å². The van der Waals surface area contributed by atoms with E-state index in [9.17, 15) is 14.0 Å². The highest BCUT2D eigenvalue weighted by molar-refractivity contribution is 5.97. The number of piperidine rings is 1. The molecule has 1 aromatic heterocycles. The molecule has 1 aromatic carbocycles. The topological polar surface area (TPSA) is 92.1 Å². The van der Waals surface area contributed by atoms with E-state index in [4.69, 9.17) is 5.73 Å². The van der Waals surface area contributed by atoms with Crippen molar-refractivity contribution in [2.75, 3.05) is 13.1 Å². The monoisotopic (exact) mass is 330 g/mol. The highest BCUT2D eigenvalue weighted by Crippen LogP contribution is 2.31. The second kappa shape index (κ2) is 6.43. The SMILES string of the molecule is Cc1cc(F)ccc1C1CCN(C(=O)c2cc(C(N)=O)n[nH]2)CC1. The van der Waals surface area contributed by atoms with E-state index >= 15 is 0 Å². The molecule has 1 aliphatic rings. The van der Waals surface area contributed by atoms with Crippen LogP contribution in [0.1, 0.15) is 50.9 Å². The minimum absolute atomic E-state index is 0.0511. The Labute approximate surface area is 138 Å². The van der Waals surface area contributed by atoms with Gasteiger partial charge in [-0.1, -0.05) is 6.07 Å². The minimum Gasteiger partial charge on any atom is -0.364 e. The van der Waals surface area contributed by atoms with Crippen LogP contribution < -0.4 is 5.73 Å². The highest BCUT2D eigenvalue weighted by atomic mass is 19.1. The molecular weight excluding hydrogens is 311 g/mol. The Bertz CT molecular complexity index is 779. The Morgan fingerprint density at radius 2 is 2.00 bits per heavy atom. The van der Waals surface area contributed by atoms with E-state index in [0.717, 1.165) is 24.0 Å². The van der Waals surface area contributed by atoms with E-state index in [1.807, 2.05) is 13.0 Å². The van der Waals surface area contributed by atoms with Crippen LogP contribution in [0.4, 0.5) is 4.39 Å². The third-order valence-corrected chi connectivity index (χ3v) is 4.51. The van der Waals surface area contributed by atoms with E-state index in [1.165, 1.54) is 12.1 Å². The zero-order valence-electron chi connectivity index (χ0n) is 13.4. The van der Waals surface area contributed by atoms with Gasteiger partial charge in [-0.15, -0.1) is 0 Å². The Hall–Kier alpha value is -2.70. The van der Waals surface area contributed by atoms with Gasteiger partial charge >= 0.3 is 0 Å². The molecule has 6 nitrogen and oxygen atoms in total. The zero-order chi connectivity index (χ0) is 17.3. The number of aromatic nitrogens is 2. The molecule has 24 heavy (non-hydrogen) atoms. The molecule has 0 aliphatic carbocycles. The predicted octanol–water partition coefficient (Wildman–Crippen LogP) is 1.98. The second-order valence-corrected chi connectivity index (χ2v) is 6.10. The Morgan fingerprint density at radius 1 is 1.29 bits per heavy atom. The third-order valence-electron chi connectivity index (χ3n) is 4.51. The van der Waals surface area contributed by atoms with Gasteiger partial charge in [-0.05, 0) is 48.9 Å². The van der Waals surface area contributed by atoms with Crippen molar-refractivity contribution in [2.24, 2.45) is 5.73 Å². The van der Waals surface area contributed by atoms with Crippen LogP contribution in [0, 0.1) is 12.7 Å². The number of carbonyl (C=O) groups excluding carboxylic acids is 2. The molecule has 7 heteroatoms. The second-order valence-electron chi connectivity index (χ2n) is 6.10. The first-order chi connectivity index (χ1) is 11.5. The summed E-state index contributed by atoms with van der Waals surface area (Å²) in [7, 11) is 0. The number of aromatic amines is 1. The van der Waals surface area contributed by atoms with Crippen LogP contribution in [0.15, 0.2) is 24.3 Å². The summed E-state index contributed by atoms with van der Waals surface area (Å²) in [6.07, 6.45) is 1.63. The number of primary amides is 1. The van der Waals surface area contributed by atoms with Crippen molar-refractivity contribution in [1.82, 2.24) is 15.1 Å². The van der Waals surface area contributed by atoms with Crippen molar-refractivity contribution in [1.29, 1.82) is 0 Å². The minimum atomic E-state index is -0.671. The molecule has 0 bridgehead atoms. The molecule has 1 aliphatic heterocycles. The molecule has 3 rings (SSSR count). The number of H-pyrrole nitrogens is 1. The van der Waals surface area contributed by atoms with Gasteiger partial charge in [0, 0.05) is 19.2 Å². The first kappa shape index (κ1) is 16.2. The first-order valence-corrected chi connectivity index (χ1v) is 7.86. The van der Waals surface area contributed by atoms with Crippen molar-refractivity contribution in [3.63, 3.8) is 0 Å². The molecule has 1 saturated heterocycles. The number of benzene rings is 1. The molecule has 2 aromatic rings. The molecule has 0 spiro atoms. The maximum absolute atomic E-state index is 13.2. The molecule has 0 radical (unpaired) electrons. The molecule has 0 unspecified atom stereocenters. The summed E-state index contributed by atoms with van der Waals surface area (Å²) < 4.78 is 13.2. The Balaban J connectivity index is 1.65. The van der Waals surface area contributed by atoms with Gasteiger partial charge < -0.3 is 10.6 Å². The van der Waals surface area contributed by atoms with E-state index in [2.05, 4.69) is 10.2 Å². The van der Waals surface area contributed by atoms with Crippen molar-refractivity contribution in [2.45, 2.75) is 25.7 Å². The highest BCUT2D eigenvalue weighted by Gasteiger charge is 2.26. The van der Waals surface area contributed by atoms with Gasteiger partial charge in [0.2, 0.25) is 0 Å². The average molecular weight is 330 g/mol. The average Bonchev–Trinajstić information content (AvgIpc) is 3.05. The molecule has 2 amide bonds. The number of nitrogens with one attached hydrogen (secondary N) is 1. The van der Waals surface area contributed by atoms with Crippen molar-refractivity contribution < 1.29 is 14.0 Å². The number of rotatable bonds is 3. The number of amides is 2. The van der Waals surface area contributed by atoms with Crippen LogP contribution >= 0.6 is 0 Å². The van der Waals surface area contributed by atoms with Crippen molar-refractivity contribution in [3.05, 3.63) is 52.6 Å². The number of hydrogen-bond acceptors (Lipinski definition) is 3. The summed E-state index contributed by atoms with van der Waals surface area (Å²) in [6, 6.07) is 6.24. The van der Waals surface area contributed by atoms with Crippen molar-refractivity contribution >= 4 is 11.8 Å². The maximum atomic E-state index is 13.2. The van der Waals surface area contributed by atoms with E-state index in [1.54, 1.807) is 11.0 Å². The standard InChI is InChI=1S/C17H19FN4O2/c1-10-8-12(18)2-3-13(10)11-4-6-22(7-5-11)17(24)15-9-14(16(19)23)20-21-15/h2-3,8-9,11H,4-7H2,1H3,(H2,19,23)(H,20,21). The van der Waals surface area contributed by atoms with E-state index < -0.39 is 5.91 Å². The number of nitrogens with two attached hydrogens (primary N) is 1. The lowest BCUT2D eigenvalue weighted by Crippen LogP contribution is -2.38. The Morgan fingerprint density at radius 3 is 2.58 bits per heavy atom. The number of hydrogen-bond donors (Lipinski definition) is 2. The summed E-state index contributed by atoms with van der Waals surface area (Å²) >= 11 is 0.